The van der Waals surface area contributed by atoms with Gasteiger partial charge in [-0.2, -0.15) is 0 Å². The summed E-state index contributed by atoms with van der Waals surface area (Å²) < 4.78 is 0. The molecule has 3 N–H and O–H groups in total. The average molecular weight is 382 g/mol. The van der Waals surface area contributed by atoms with Crippen LogP contribution in [0.25, 0.3) is 0 Å². The summed E-state index contributed by atoms with van der Waals surface area (Å²) in [5.74, 6) is 0.0318. The fraction of sp³-hybridized carbons (Fsp3) is 0.391. The molecule has 0 aliphatic heterocycles. The molecule has 0 radical (unpaired) electrons. The van der Waals surface area contributed by atoms with Gasteiger partial charge >= 0.3 is 0 Å². The summed E-state index contributed by atoms with van der Waals surface area (Å²) in [4.78, 5) is 24.1. The number of amides is 2. The molecule has 0 aliphatic rings. The normalized spacial score (nSPS) is 11.9. The third-order valence-electron chi connectivity index (χ3n) is 4.66. The summed E-state index contributed by atoms with van der Waals surface area (Å²) in [6.45, 7) is 6.66. The first-order valence-corrected chi connectivity index (χ1v) is 9.88. The van der Waals surface area contributed by atoms with E-state index in [0.717, 1.165) is 12.8 Å². The highest BCUT2D eigenvalue weighted by molar-refractivity contribution is 5.97. The van der Waals surface area contributed by atoms with Crippen LogP contribution in [0.1, 0.15) is 54.7 Å². The number of hydrogen-bond donors (Lipinski definition) is 3. The van der Waals surface area contributed by atoms with E-state index < -0.39 is 0 Å². The number of aryl methyl sites for hydroxylation is 1. The minimum absolute atomic E-state index is 0.0960. The molecular formula is C23H31N3O2. The number of nitrogens with one attached hydrogen (secondary N) is 3. The van der Waals surface area contributed by atoms with Crippen LogP contribution < -0.4 is 16.0 Å². The Balaban J connectivity index is 1.98. The maximum absolute atomic E-state index is 12.4. The van der Waals surface area contributed by atoms with Gasteiger partial charge in [-0.3, -0.25) is 9.59 Å². The van der Waals surface area contributed by atoms with Gasteiger partial charge in [0.2, 0.25) is 5.91 Å². The topological polar surface area (TPSA) is 70.2 Å². The molecule has 5 nitrogen and oxygen atoms in total. The van der Waals surface area contributed by atoms with Gasteiger partial charge in [-0.15, -0.1) is 0 Å². The van der Waals surface area contributed by atoms with Crippen LogP contribution in [0.4, 0.5) is 5.69 Å². The molecule has 2 rings (SSSR count). The first-order valence-electron chi connectivity index (χ1n) is 9.88. The highest BCUT2D eigenvalue weighted by Crippen LogP contribution is 2.22. The van der Waals surface area contributed by atoms with Crippen molar-refractivity contribution in [1.29, 1.82) is 0 Å². The Morgan fingerprint density at radius 1 is 1.04 bits per heavy atom. The van der Waals surface area contributed by atoms with Crippen molar-refractivity contribution in [3.05, 3.63) is 65.2 Å². The van der Waals surface area contributed by atoms with Crippen molar-refractivity contribution in [1.82, 2.24) is 10.6 Å². The van der Waals surface area contributed by atoms with E-state index in [1.165, 1.54) is 11.1 Å². The summed E-state index contributed by atoms with van der Waals surface area (Å²) in [5, 5.41) is 8.80. The second-order valence-electron chi connectivity index (χ2n) is 7.30. The predicted octanol–water partition coefficient (Wildman–Crippen LogP) is 3.92. The minimum Gasteiger partial charge on any atom is -0.355 e. The molecule has 1 atom stereocenters. The lowest BCUT2D eigenvalue weighted by Crippen LogP contribution is -2.33. The molecule has 0 saturated heterocycles. The smallest absolute Gasteiger partial charge is 0.251 e. The van der Waals surface area contributed by atoms with Crippen LogP contribution in [0.5, 0.6) is 0 Å². The highest BCUT2D eigenvalue weighted by Gasteiger charge is 2.17. The Kier molecular flexibility index (Phi) is 8.20. The Bertz CT molecular complexity index is 785. The Morgan fingerprint density at radius 3 is 2.36 bits per heavy atom. The second kappa shape index (κ2) is 10.6. The molecule has 2 aromatic carbocycles. The summed E-state index contributed by atoms with van der Waals surface area (Å²) in [6, 6.07) is 15.6. The van der Waals surface area contributed by atoms with Crippen LogP contribution in [0.2, 0.25) is 0 Å². The molecule has 5 heteroatoms. The maximum Gasteiger partial charge on any atom is 0.251 e. The van der Waals surface area contributed by atoms with Gasteiger partial charge in [0, 0.05) is 24.3 Å². The Hall–Kier alpha value is -2.66. The van der Waals surface area contributed by atoms with Crippen molar-refractivity contribution >= 4 is 17.5 Å². The molecule has 2 aromatic rings. The van der Waals surface area contributed by atoms with Crippen LogP contribution >= 0.6 is 0 Å². The van der Waals surface area contributed by atoms with E-state index in [4.69, 9.17) is 0 Å². The van der Waals surface area contributed by atoms with E-state index in [1.807, 2.05) is 0 Å². The lowest BCUT2D eigenvalue weighted by Gasteiger charge is -2.23. The van der Waals surface area contributed by atoms with Crippen molar-refractivity contribution in [3.63, 3.8) is 0 Å². The molecule has 2 amide bonds. The number of carbonyl (C=O) groups excluding carboxylic acids is 2. The molecule has 0 aliphatic carbocycles. The van der Waals surface area contributed by atoms with Gasteiger partial charge in [-0.05, 0) is 41.7 Å². The molecule has 0 spiro atoms. The van der Waals surface area contributed by atoms with Crippen molar-refractivity contribution in [2.24, 2.45) is 5.92 Å². The van der Waals surface area contributed by atoms with Gasteiger partial charge in [0.1, 0.15) is 0 Å². The molecular weight excluding hydrogens is 350 g/mol. The van der Waals surface area contributed by atoms with E-state index in [9.17, 15) is 9.59 Å². The fourth-order valence-corrected chi connectivity index (χ4v) is 3.21. The van der Waals surface area contributed by atoms with Gasteiger partial charge in [0.05, 0.1) is 6.54 Å². The van der Waals surface area contributed by atoms with Gasteiger partial charge in [-0.25, -0.2) is 0 Å². The van der Waals surface area contributed by atoms with Crippen LogP contribution in [-0.4, -0.2) is 25.4 Å². The van der Waals surface area contributed by atoms with E-state index in [-0.39, 0.29) is 24.4 Å². The lowest BCUT2D eigenvalue weighted by atomic mass is 9.94. The van der Waals surface area contributed by atoms with Crippen molar-refractivity contribution in [3.8, 4) is 0 Å². The van der Waals surface area contributed by atoms with Crippen molar-refractivity contribution < 1.29 is 9.59 Å². The third-order valence-corrected chi connectivity index (χ3v) is 4.66. The van der Waals surface area contributed by atoms with Crippen LogP contribution in [0.15, 0.2) is 48.5 Å². The van der Waals surface area contributed by atoms with Gasteiger partial charge < -0.3 is 16.0 Å². The molecule has 0 fully saturated rings. The molecule has 0 bridgehead atoms. The first-order chi connectivity index (χ1) is 13.4. The zero-order chi connectivity index (χ0) is 20.5. The molecule has 28 heavy (non-hydrogen) atoms. The van der Waals surface area contributed by atoms with Gasteiger partial charge in [0.25, 0.3) is 5.91 Å². The van der Waals surface area contributed by atoms with Crippen molar-refractivity contribution in [2.75, 3.05) is 18.9 Å². The first kappa shape index (κ1) is 21.6. The van der Waals surface area contributed by atoms with E-state index in [1.54, 1.807) is 31.3 Å². The summed E-state index contributed by atoms with van der Waals surface area (Å²) in [7, 11) is 1.58. The van der Waals surface area contributed by atoms with Crippen LogP contribution in [-0.2, 0) is 11.2 Å². The zero-order valence-electron chi connectivity index (χ0n) is 17.2. The summed E-state index contributed by atoms with van der Waals surface area (Å²) in [5.41, 5.74) is 3.64. The lowest BCUT2D eigenvalue weighted by molar-refractivity contribution is -0.115. The van der Waals surface area contributed by atoms with Gasteiger partial charge in [-0.1, -0.05) is 57.5 Å². The predicted molar refractivity (Wildman–Crippen MR) is 114 cm³/mol. The molecule has 150 valence electrons. The largest absolute Gasteiger partial charge is 0.355 e. The second-order valence-corrected chi connectivity index (χ2v) is 7.30. The fourth-order valence-electron chi connectivity index (χ4n) is 3.21. The zero-order valence-corrected chi connectivity index (χ0v) is 17.2. The minimum atomic E-state index is -0.180. The Morgan fingerprint density at radius 2 is 1.75 bits per heavy atom. The van der Waals surface area contributed by atoms with E-state index >= 15 is 0 Å². The monoisotopic (exact) mass is 381 g/mol. The van der Waals surface area contributed by atoms with Gasteiger partial charge in [0.15, 0.2) is 0 Å². The van der Waals surface area contributed by atoms with E-state index in [2.05, 4.69) is 61.0 Å². The van der Waals surface area contributed by atoms with Crippen LogP contribution in [0.3, 0.4) is 0 Å². The molecule has 0 saturated carbocycles. The molecule has 0 heterocycles. The van der Waals surface area contributed by atoms with E-state index in [0.29, 0.717) is 17.2 Å². The number of rotatable bonds is 9. The third kappa shape index (κ3) is 6.20. The highest BCUT2D eigenvalue weighted by atomic mass is 16.2. The Labute approximate surface area is 167 Å². The quantitative estimate of drug-likeness (QED) is 0.616. The summed E-state index contributed by atoms with van der Waals surface area (Å²) >= 11 is 0. The number of carbonyl (C=O) groups is 2. The maximum atomic E-state index is 12.4. The average Bonchev–Trinajstić information content (AvgIpc) is 2.69. The number of anilines is 1. The van der Waals surface area contributed by atoms with Crippen molar-refractivity contribution in [2.45, 2.75) is 39.7 Å². The SMILES string of the molecule is CCCc1ccc([C@@H](NCC(=O)Nc2cccc(C(=O)NC)c2)C(C)C)cc1. The van der Waals surface area contributed by atoms with Crippen LogP contribution in [0, 0.1) is 5.92 Å². The standard InChI is InChI=1S/C23H31N3O2/c1-5-7-17-10-12-18(13-11-17)22(16(2)3)25-15-21(27)26-20-9-6-8-19(14-20)23(28)24-4/h6,8-14,16,22,25H,5,7,15H2,1-4H3,(H,24,28)(H,26,27)/t22-/m0/s1. The molecule has 0 aromatic heterocycles. The molecule has 0 unspecified atom stereocenters. The number of benzene rings is 2. The number of hydrogen-bond acceptors (Lipinski definition) is 3. The summed E-state index contributed by atoms with van der Waals surface area (Å²) in [6.07, 6.45) is 2.21.